The molecule has 0 atom stereocenters. The van der Waals surface area contributed by atoms with Crippen LogP contribution in [0.2, 0.25) is 0 Å². The molecular formula is C11H10N2O3S. The van der Waals surface area contributed by atoms with Gasteiger partial charge in [-0.3, -0.25) is 14.4 Å². The van der Waals surface area contributed by atoms with Gasteiger partial charge in [0.25, 0.3) is 0 Å². The fourth-order valence-electron chi connectivity index (χ4n) is 1.38. The lowest BCUT2D eigenvalue weighted by Crippen LogP contribution is -2.40. The molecule has 0 saturated heterocycles. The molecule has 2 aromatic rings. The highest BCUT2D eigenvalue weighted by Gasteiger charge is 2.10. The minimum Gasteiger partial charge on any atom is -0.312 e. The van der Waals surface area contributed by atoms with Crippen LogP contribution in [0.1, 0.15) is 9.67 Å². The summed E-state index contributed by atoms with van der Waals surface area (Å²) >= 11 is 1.32. The van der Waals surface area contributed by atoms with Gasteiger partial charge in [-0.1, -0.05) is 6.07 Å². The van der Waals surface area contributed by atoms with Crippen molar-refractivity contribution < 1.29 is 4.79 Å². The fourth-order valence-corrected chi connectivity index (χ4v) is 2.04. The number of nitrogens with zero attached hydrogens (tertiary/aromatic N) is 2. The second kappa shape index (κ2) is 4.50. The summed E-state index contributed by atoms with van der Waals surface area (Å²) in [6, 6.07) is 3.46. The number of hydrogen-bond acceptors (Lipinski definition) is 4. The van der Waals surface area contributed by atoms with Gasteiger partial charge in [0.1, 0.15) is 0 Å². The van der Waals surface area contributed by atoms with Crippen LogP contribution >= 0.6 is 11.3 Å². The molecule has 6 heteroatoms. The summed E-state index contributed by atoms with van der Waals surface area (Å²) in [5, 5.41) is 1.79. The summed E-state index contributed by atoms with van der Waals surface area (Å²) in [6.45, 7) is -0.102. The molecule has 17 heavy (non-hydrogen) atoms. The molecule has 0 radical (unpaired) electrons. The smallest absolute Gasteiger partial charge is 0.312 e. The lowest BCUT2D eigenvalue weighted by Gasteiger charge is -2.04. The normalized spacial score (nSPS) is 10.4. The predicted octanol–water partition coefficient (Wildman–Crippen LogP) is 0.491. The van der Waals surface area contributed by atoms with E-state index in [0.717, 1.165) is 4.57 Å². The molecule has 88 valence electrons. The maximum atomic E-state index is 11.8. The SMILES string of the molecule is Cn1ccn(CC(=O)c2cccs2)c(=O)c1=O. The number of aromatic nitrogens is 2. The van der Waals surface area contributed by atoms with E-state index in [0.29, 0.717) is 4.88 Å². The second-order valence-electron chi connectivity index (χ2n) is 3.55. The molecule has 2 aromatic heterocycles. The molecule has 2 heterocycles. The number of Topliss-reactive ketones (excluding diaryl/α,β-unsaturated/α-hetero) is 1. The van der Waals surface area contributed by atoms with Crippen molar-refractivity contribution in [2.24, 2.45) is 7.05 Å². The van der Waals surface area contributed by atoms with Gasteiger partial charge in [-0.15, -0.1) is 11.3 Å². The van der Waals surface area contributed by atoms with Crippen LogP contribution in [-0.4, -0.2) is 14.9 Å². The first-order valence-electron chi connectivity index (χ1n) is 4.92. The van der Waals surface area contributed by atoms with E-state index in [2.05, 4.69) is 0 Å². The lowest BCUT2D eigenvalue weighted by atomic mass is 10.3. The van der Waals surface area contributed by atoms with E-state index in [1.165, 1.54) is 35.3 Å². The molecule has 0 bridgehead atoms. The molecule has 0 amide bonds. The Morgan fingerprint density at radius 3 is 2.71 bits per heavy atom. The van der Waals surface area contributed by atoms with Crippen molar-refractivity contribution in [3.05, 3.63) is 55.5 Å². The third kappa shape index (κ3) is 2.26. The second-order valence-corrected chi connectivity index (χ2v) is 4.50. The topological polar surface area (TPSA) is 61.1 Å². The monoisotopic (exact) mass is 250 g/mol. The predicted molar refractivity (Wildman–Crippen MR) is 64.6 cm³/mol. The number of carbonyl (C=O) groups is 1. The van der Waals surface area contributed by atoms with Crippen LogP contribution in [0.4, 0.5) is 0 Å². The minimum absolute atomic E-state index is 0.102. The zero-order valence-electron chi connectivity index (χ0n) is 9.12. The number of ketones is 1. The average molecular weight is 250 g/mol. The van der Waals surface area contributed by atoms with Crippen LogP contribution in [0, 0.1) is 0 Å². The zero-order valence-corrected chi connectivity index (χ0v) is 9.94. The minimum atomic E-state index is -0.681. The Kier molecular flexibility index (Phi) is 3.06. The summed E-state index contributed by atoms with van der Waals surface area (Å²) in [5.41, 5.74) is -1.31. The number of thiophene rings is 1. The Balaban J connectivity index is 2.32. The molecule has 0 saturated carbocycles. The summed E-state index contributed by atoms with van der Waals surface area (Å²) in [7, 11) is 1.50. The number of carbonyl (C=O) groups excluding carboxylic acids is 1. The van der Waals surface area contributed by atoms with Gasteiger partial charge in [-0.05, 0) is 11.4 Å². The van der Waals surface area contributed by atoms with Gasteiger partial charge < -0.3 is 9.13 Å². The Morgan fingerprint density at radius 1 is 1.29 bits per heavy atom. The Morgan fingerprint density at radius 2 is 2.06 bits per heavy atom. The van der Waals surface area contributed by atoms with Crippen LogP contribution in [0.5, 0.6) is 0 Å². The van der Waals surface area contributed by atoms with Crippen LogP contribution in [-0.2, 0) is 13.6 Å². The summed E-state index contributed by atoms with van der Waals surface area (Å²) < 4.78 is 2.32. The third-order valence-corrected chi connectivity index (χ3v) is 3.26. The Bertz CT molecular complexity index is 652. The molecule has 0 N–H and O–H groups in total. The molecule has 2 rings (SSSR count). The summed E-state index contributed by atoms with van der Waals surface area (Å²) in [4.78, 5) is 35.3. The van der Waals surface area contributed by atoms with Crippen molar-refractivity contribution in [2.45, 2.75) is 6.54 Å². The highest BCUT2D eigenvalue weighted by atomic mass is 32.1. The molecule has 0 aromatic carbocycles. The summed E-state index contributed by atoms with van der Waals surface area (Å²) in [6.07, 6.45) is 2.90. The van der Waals surface area contributed by atoms with E-state index in [1.807, 2.05) is 0 Å². The van der Waals surface area contributed by atoms with Gasteiger partial charge in [0.05, 0.1) is 11.4 Å². The van der Waals surface area contributed by atoms with Crippen molar-refractivity contribution in [1.82, 2.24) is 9.13 Å². The van der Waals surface area contributed by atoms with Crippen molar-refractivity contribution in [1.29, 1.82) is 0 Å². The van der Waals surface area contributed by atoms with Crippen LogP contribution in [0.25, 0.3) is 0 Å². The highest BCUT2D eigenvalue weighted by Crippen LogP contribution is 2.09. The first-order valence-corrected chi connectivity index (χ1v) is 5.80. The van der Waals surface area contributed by atoms with Crippen LogP contribution in [0.3, 0.4) is 0 Å². The van der Waals surface area contributed by atoms with Gasteiger partial charge in [0.15, 0.2) is 5.78 Å². The molecule has 0 unspecified atom stereocenters. The largest absolute Gasteiger partial charge is 0.316 e. The maximum Gasteiger partial charge on any atom is 0.316 e. The van der Waals surface area contributed by atoms with E-state index < -0.39 is 11.1 Å². The summed E-state index contributed by atoms with van der Waals surface area (Å²) in [5.74, 6) is -0.171. The van der Waals surface area contributed by atoms with Gasteiger partial charge in [-0.25, -0.2) is 0 Å². The van der Waals surface area contributed by atoms with E-state index in [1.54, 1.807) is 17.5 Å². The zero-order chi connectivity index (χ0) is 12.4. The molecule has 0 aliphatic rings. The van der Waals surface area contributed by atoms with Crippen LogP contribution < -0.4 is 11.1 Å². The molecular weight excluding hydrogens is 240 g/mol. The third-order valence-electron chi connectivity index (χ3n) is 2.34. The van der Waals surface area contributed by atoms with Crippen molar-refractivity contribution in [3.63, 3.8) is 0 Å². The van der Waals surface area contributed by atoms with Crippen LogP contribution in [0.15, 0.2) is 39.5 Å². The molecule has 0 fully saturated rings. The van der Waals surface area contributed by atoms with Crippen molar-refractivity contribution >= 4 is 17.1 Å². The van der Waals surface area contributed by atoms with E-state index in [4.69, 9.17) is 0 Å². The van der Waals surface area contributed by atoms with Crippen molar-refractivity contribution in [3.8, 4) is 0 Å². The quantitative estimate of drug-likeness (QED) is 0.588. The molecule has 0 aliphatic carbocycles. The first kappa shape index (κ1) is 11.5. The highest BCUT2D eigenvalue weighted by molar-refractivity contribution is 7.12. The number of rotatable bonds is 3. The van der Waals surface area contributed by atoms with E-state index >= 15 is 0 Å². The van der Waals surface area contributed by atoms with E-state index in [-0.39, 0.29) is 12.3 Å². The van der Waals surface area contributed by atoms with Gasteiger partial charge >= 0.3 is 11.1 Å². The lowest BCUT2D eigenvalue weighted by molar-refractivity contribution is 0.0974. The average Bonchev–Trinajstić information content (AvgIpc) is 2.83. The van der Waals surface area contributed by atoms with Gasteiger partial charge in [-0.2, -0.15) is 0 Å². The maximum absolute atomic E-state index is 11.8. The van der Waals surface area contributed by atoms with Gasteiger partial charge in [0, 0.05) is 19.4 Å². The Hall–Kier alpha value is -1.95. The number of hydrogen-bond donors (Lipinski definition) is 0. The fraction of sp³-hybridized carbons (Fsp3) is 0.182. The number of aryl methyl sites for hydroxylation is 1. The Labute approximate surface area is 101 Å². The molecule has 5 nitrogen and oxygen atoms in total. The molecule has 0 spiro atoms. The molecule has 0 aliphatic heterocycles. The van der Waals surface area contributed by atoms with E-state index in [9.17, 15) is 14.4 Å². The van der Waals surface area contributed by atoms with Crippen molar-refractivity contribution in [2.75, 3.05) is 0 Å². The first-order chi connectivity index (χ1) is 8.09. The standard InChI is InChI=1S/C11H10N2O3S/c1-12-4-5-13(11(16)10(12)15)7-8(14)9-3-2-6-17-9/h2-6H,7H2,1H3. The van der Waals surface area contributed by atoms with Gasteiger partial charge in [0.2, 0.25) is 0 Å².